The summed E-state index contributed by atoms with van der Waals surface area (Å²) in [4.78, 5) is 52.7. The molecule has 2 N–H and O–H groups in total. The number of aliphatic hydroxyl groups excluding tert-OH is 2. The van der Waals surface area contributed by atoms with Gasteiger partial charge in [-0.25, -0.2) is 0 Å². The van der Waals surface area contributed by atoms with Crippen LogP contribution < -0.4 is 22.0 Å². The fraction of sp³-hybridized carbons (Fsp3) is 0.810. The Morgan fingerprint density at radius 3 is 1.39 bits per heavy atom. The molecule has 282 valence electrons. The summed E-state index contributed by atoms with van der Waals surface area (Å²) >= 11 is -1.57. The first kappa shape index (κ1) is 36.7. The number of Topliss-reactive ketones (excluding diaryl/α,β-unsaturated/α-hetero) is 2. The van der Waals surface area contributed by atoms with Crippen molar-refractivity contribution in [2.24, 2.45) is 57.2 Å². The van der Waals surface area contributed by atoms with Crippen molar-refractivity contribution in [3.05, 3.63) is 23.3 Å². The maximum absolute atomic E-state index is 14.0. The number of carbonyl (C=O) groups excluding carboxylic acids is 4. The van der Waals surface area contributed by atoms with Crippen LogP contribution >= 0.6 is 0 Å². The van der Waals surface area contributed by atoms with Crippen molar-refractivity contribution in [1.29, 1.82) is 0 Å². The van der Waals surface area contributed by atoms with E-state index in [1.165, 1.54) is 11.1 Å². The van der Waals surface area contributed by atoms with Crippen LogP contribution in [0.1, 0.15) is 130 Å². The Morgan fingerprint density at radius 1 is 0.608 bits per heavy atom. The molecule has 0 bridgehead atoms. The van der Waals surface area contributed by atoms with Crippen LogP contribution in [-0.2, 0) is 25.3 Å². The number of fused-ring (bicyclic) bond motifs is 10. The molecule has 0 saturated heterocycles. The quantitative estimate of drug-likeness (QED) is 0.357. The van der Waals surface area contributed by atoms with Gasteiger partial charge in [-0.2, -0.15) is 0 Å². The van der Waals surface area contributed by atoms with E-state index in [9.17, 15) is 29.4 Å². The van der Waals surface area contributed by atoms with Crippen LogP contribution in [0.5, 0.6) is 0 Å². The Kier molecular flexibility index (Phi) is 9.09. The van der Waals surface area contributed by atoms with E-state index >= 15 is 0 Å². The zero-order chi connectivity index (χ0) is 36.2. The average molecular weight is 818 g/mol. The van der Waals surface area contributed by atoms with Crippen molar-refractivity contribution >= 4 is 23.1 Å². The summed E-state index contributed by atoms with van der Waals surface area (Å²) < 4.78 is 13.8. The number of carbonyl (C=O) groups is 4. The van der Waals surface area contributed by atoms with Crippen molar-refractivity contribution in [2.75, 3.05) is 13.2 Å². The molecule has 0 spiro atoms. The normalized spacial score (nSPS) is 48.7. The Balaban J connectivity index is 1.04. The van der Waals surface area contributed by atoms with Gasteiger partial charge in [0.05, 0.1) is 0 Å². The van der Waals surface area contributed by atoms with Crippen LogP contribution in [0.25, 0.3) is 0 Å². The third-order valence-electron chi connectivity index (χ3n) is 17.7. The number of ketones is 4. The SMILES string of the molecule is CC12CCC(=O)C=C1CCC1C2CCC2(C)C1CCC2(O[I-]OC1(C(=O)CO)CCC2C3CCC4=CC(=O)CCC4(C)C3CCC21C)C(=O)CO. The number of hydrogen-bond donors (Lipinski definition) is 2. The molecule has 0 radical (unpaired) electrons. The Hall–Kier alpha value is -1.27. The first-order chi connectivity index (χ1) is 24.2. The summed E-state index contributed by atoms with van der Waals surface area (Å²) in [6, 6.07) is 0. The third kappa shape index (κ3) is 4.94. The zero-order valence-electron chi connectivity index (χ0n) is 31.1. The molecular formula is C42H58IO8-. The minimum absolute atomic E-state index is 0.0216. The third-order valence-corrected chi connectivity index (χ3v) is 19.5. The topological polar surface area (TPSA) is 127 Å². The van der Waals surface area contributed by atoms with Gasteiger partial charge in [0, 0.05) is 0 Å². The maximum atomic E-state index is 14.0. The van der Waals surface area contributed by atoms with E-state index in [2.05, 4.69) is 27.7 Å². The Morgan fingerprint density at radius 2 is 1.00 bits per heavy atom. The van der Waals surface area contributed by atoms with E-state index in [0.717, 1.165) is 77.0 Å². The molecule has 8 rings (SSSR count). The molecule has 0 heterocycles. The number of rotatable bonds is 8. The number of aliphatic hydroxyl groups is 2. The fourth-order valence-corrected chi connectivity index (χ4v) is 17.4. The van der Waals surface area contributed by atoms with Gasteiger partial charge in [0.15, 0.2) is 0 Å². The minimum atomic E-state index is -1.57. The van der Waals surface area contributed by atoms with E-state index in [-0.39, 0.29) is 45.8 Å². The van der Waals surface area contributed by atoms with Gasteiger partial charge in [-0.3, -0.25) is 0 Å². The van der Waals surface area contributed by atoms with Gasteiger partial charge in [-0.05, 0) is 0 Å². The van der Waals surface area contributed by atoms with Crippen LogP contribution in [0, 0.1) is 57.2 Å². The second-order valence-corrected chi connectivity index (χ2v) is 20.2. The van der Waals surface area contributed by atoms with Crippen molar-refractivity contribution in [1.82, 2.24) is 0 Å². The zero-order valence-corrected chi connectivity index (χ0v) is 33.2. The van der Waals surface area contributed by atoms with Crippen molar-refractivity contribution in [2.45, 2.75) is 142 Å². The Bertz CT molecular complexity index is 1470. The second kappa shape index (κ2) is 12.6. The summed E-state index contributed by atoms with van der Waals surface area (Å²) in [5.74, 6) is 2.28. The van der Waals surface area contributed by atoms with Gasteiger partial charge in [0.1, 0.15) is 0 Å². The van der Waals surface area contributed by atoms with Crippen LogP contribution in [0.2, 0.25) is 0 Å². The molecule has 51 heavy (non-hydrogen) atoms. The van der Waals surface area contributed by atoms with Gasteiger partial charge < -0.3 is 0 Å². The summed E-state index contributed by atoms with van der Waals surface area (Å²) in [7, 11) is 0. The summed E-state index contributed by atoms with van der Waals surface area (Å²) in [5, 5.41) is 20.8. The van der Waals surface area contributed by atoms with Crippen molar-refractivity contribution in [3.8, 4) is 0 Å². The van der Waals surface area contributed by atoms with E-state index in [0.29, 0.717) is 49.4 Å². The van der Waals surface area contributed by atoms with E-state index in [1.807, 2.05) is 12.2 Å². The summed E-state index contributed by atoms with van der Waals surface area (Å²) in [5.41, 5.74) is -0.568. The first-order valence-corrected chi connectivity index (χ1v) is 21.8. The molecule has 8 aliphatic rings. The molecule has 6 fully saturated rings. The van der Waals surface area contributed by atoms with Crippen molar-refractivity contribution in [3.63, 3.8) is 0 Å². The predicted octanol–water partition coefficient (Wildman–Crippen LogP) is 3.60. The number of allylic oxidation sites excluding steroid dienone is 2. The van der Waals surface area contributed by atoms with Crippen molar-refractivity contribution < 1.29 is 57.6 Å². The molecule has 12 unspecified atom stereocenters. The van der Waals surface area contributed by atoms with Gasteiger partial charge in [-0.1, -0.05) is 0 Å². The molecule has 8 nitrogen and oxygen atoms in total. The van der Waals surface area contributed by atoms with E-state index < -0.39 is 57.3 Å². The average Bonchev–Trinajstić information content (AvgIpc) is 3.59. The van der Waals surface area contributed by atoms with Crippen LogP contribution in [0.3, 0.4) is 0 Å². The monoisotopic (exact) mass is 817 g/mol. The predicted molar refractivity (Wildman–Crippen MR) is 185 cm³/mol. The summed E-state index contributed by atoms with van der Waals surface area (Å²) in [6.45, 7) is 7.98. The van der Waals surface area contributed by atoms with Gasteiger partial charge in [0.2, 0.25) is 0 Å². The molecule has 0 amide bonds. The molecule has 0 aromatic carbocycles. The molecule has 8 aliphatic carbocycles. The summed E-state index contributed by atoms with van der Waals surface area (Å²) in [6.07, 6.45) is 17.1. The van der Waals surface area contributed by atoms with Gasteiger partial charge in [-0.15, -0.1) is 0 Å². The number of hydrogen-bond acceptors (Lipinski definition) is 8. The van der Waals surface area contributed by atoms with Gasteiger partial charge >= 0.3 is 316 Å². The second-order valence-electron chi connectivity index (χ2n) is 19.0. The molecule has 12 atom stereocenters. The molecule has 0 aliphatic heterocycles. The molecule has 0 aromatic rings. The van der Waals surface area contributed by atoms with E-state index in [4.69, 9.17) is 6.13 Å². The Labute approximate surface area is 314 Å². The standard InChI is InChI=1S/C42H58IO8/c1-37-15-9-27(46)21-25(37)5-7-29-31(37)11-17-39(3)33(29)13-19-41(39,35(48)23-44)50-43-51-42(36(49)24-45)20-14-34-30-8-6-26-22-28(47)10-16-38(26,2)32(30)12-18-40(34,42)4/h21-22,29-34,44-45H,5-20,23-24H2,1-4H3/q-1. The fourth-order valence-electron chi connectivity index (χ4n) is 14.7. The van der Waals surface area contributed by atoms with Gasteiger partial charge in [0.25, 0.3) is 0 Å². The molecule has 0 aromatic heterocycles. The van der Waals surface area contributed by atoms with Crippen LogP contribution in [-0.4, -0.2) is 57.8 Å². The molecule has 6 saturated carbocycles. The van der Waals surface area contributed by atoms with E-state index in [1.54, 1.807) is 0 Å². The number of halogens is 1. The van der Waals surface area contributed by atoms with Crippen LogP contribution in [0.15, 0.2) is 23.3 Å². The first-order valence-electron chi connectivity index (χ1n) is 20.0. The van der Waals surface area contributed by atoms with Crippen LogP contribution in [0.4, 0.5) is 0 Å². The molecule has 9 heteroatoms. The molecular weight excluding hydrogens is 759 g/mol.